The number of carbonyl (C=O) groups excluding carboxylic acids is 1. The number of aliphatic carboxylic acids is 1. The third kappa shape index (κ3) is 3.21. The molecule has 0 bridgehead atoms. The second kappa shape index (κ2) is 7.58. The molecule has 142 valence electrons. The van der Waals surface area contributed by atoms with Gasteiger partial charge in [0.15, 0.2) is 5.92 Å². The standard InChI is InChI=1S/C22H19NO4S/c23-20(18-10-5-11-28-18)19(21(24)25)22(26)27-12-17-15-8-3-1-6-13(15)14-7-2-4-9-16(14)17/h1-11,17,19-20H,12,23H2,(H,24,25)/t19-,20-/m1/s1. The Morgan fingerprint density at radius 3 is 2.14 bits per heavy atom. The topological polar surface area (TPSA) is 89.6 Å². The summed E-state index contributed by atoms with van der Waals surface area (Å²) in [5.74, 6) is -3.65. The molecule has 0 amide bonds. The van der Waals surface area contributed by atoms with Gasteiger partial charge in [0.2, 0.25) is 0 Å². The molecule has 4 rings (SSSR count). The number of fused-ring (bicyclic) bond motifs is 3. The van der Waals surface area contributed by atoms with Crippen LogP contribution in [0.2, 0.25) is 0 Å². The number of carboxylic acids is 1. The van der Waals surface area contributed by atoms with Crippen LogP contribution in [0.1, 0.15) is 28.0 Å². The smallest absolute Gasteiger partial charge is 0.322 e. The molecule has 0 unspecified atom stereocenters. The van der Waals surface area contributed by atoms with Gasteiger partial charge in [0.25, 0.3) is 0 Å². The first-order chi connectivity index (χ1) is 13.6. The molecular weight excluding hydrogens is 374 g/mol. The molecule has 28 heavy (non-hydrogen) atoms. The minimum Gasteiger partial charge on any atom is -0.481 e. The van der Waals surface area contributed by atoms with E-state index in [9.17, 15) is 14.7 Å². The van der Waals surface area contributed by atoms with Crippen molar-refractivity contribution in [2.75, 3.05) is 6.61 Å². The fourth-order valence-electron chi connectivity index (χ4n) is 3.74. The summed E-state index contributed by atoms with van der Waals surface area (Å²) in [4.78, 5) is 25.0. The van der Waals surface area contributed by atoms with Crippen molar-refractivity contribution < 1.29 is 19.4 Å². The maximum absolute atomic E-state index is 12.6. The van der Waals surface area contributed by atoms with Gasteiger partial charge in [-0.2, -0.15) is 0 Å². The zero-order valence-electron chi connectivity index (χ0n) is 14.9. The third-order valence-electron chi connectivity index (χ3n) is 5.11. The number of hydrogen-bond donors (Lipinski definition) is 2. The molecule has 1 aliphatic carbocycles. The van der Waals surface area contributed by atoms with E-state index < -0.39 is 23.9 Å². The fraction of sp³-hybridized carbons (Fsp3) is 0.182. The van der Waals surface area contributed by atoms with Crippen molar-refractivity contribution in [2.45, 2.75) is 12.0 Å². The molecule has 0 fully saturated rings. The lowest BCUT2D eigenvalue weighted by Gasteiger charge is -2.20. The Morgan fingerprint density at radius 1 is 1.00 bits per heavy atom. The van der Waals surface area contributed by atoms with Gasteiger partial charge in [0, 0.05) is 10.8 Å². The first-order valence-electron chi connectivity index (χ1n) is 8.94. The molecular formula is C22H19NO4S. The number of nitrogens with two attached hydrogens (primary N) is 1. The molecule has 3 aromatic rings. The fourth-order valence-corrected chi connectivity index (χ4v) is 4.51. The highest BCUT2D eigenvalue weighted by molar-refractivity contribution is 7.10. The van der Waals surface area contributed by atoms with Gasteiger partial charge in [-0.05, 0) is 33.7 Å². The number of hydrogen-bond acceptors (Lipinski definition) is 5. The van der Waals surface area contributed by atoms with Gasteiger partial charge in [-0.25, -0.2) is 0 Å². The highest BCUT2D eigenvalue weighted by Crippen LogP contribution is 2.44. The molecule has 2 atom stereocenters. The van der Waals surface area contributed by atoms with E-state index in [0.29, 0.717) is 4.88 Å². The summed E-state index contributed by atoms with van der Waals surface area (Å²) in [6.45, 7) is 0.0772. The number of carboxylic acid groups (broad SMARTS) is 1. The first kappa shape index (κ1) is 18.4. The summed E-state index contributed by atoms with van der Waals surface area (Å²) in [6.07, 6.45) is 0. The number of ether oxygens (including phenoxy) is 1. The molecule has 1 aromatic heterocycles. The Labute approximate surface area is 166 Å². The molecule has 6 heteroatoms. The maximum Gasteiger partial charge on any atom is 0.322 e. The number of esters is 1. The summed E-state index contributed by atoms with van der Waals surface area (Å²) in [5.41, 5.74) is 10.4. The lowest BCUT2D eigenvalue weighted by molar-refractivity contribution is -0.159. The van der Waals surface area contributed by atoms with E-state index in [1.54, 1.807) is 17.5 Å². The third-order valence-corrected chi connectivity index (χ3v) is 6.08. The molecule has 0 saturated heterocycles. The molecule has 2 aromatic carbocycles. The predicted molar refractivity (Wildman–Crippen MR) is 107 cm³/mol. The molecule has 3 N–H and O–H groups in total. The number of carbonyl (C=O) groups is 2. The molecule has 0 spiro atoms. The Bertz CT molecular complexity index is 969. The summed E-state index contributed by atoms with van der Waals surface area (Å²) >= 11 is 1.32. The highest BCUT2D eigenvalue weighted by atomic mass is 32.1. The molecule has 0 radical (unpaired) electrons. The van der Waals surface area contributed by atoms with Crippen LogP contribution < -0.4 is 5.73 Å². The SMILES string of the molecule is N[C@H](c1cccs1)[C@H](C(=O)O)C(=O)OCC1c2ccccc2-c2ccccc21. The van der Waals surface area contributed by atoms with Crippen LogP contribution in [-0.4, -0.2) is 23.7 Å². The van der Waals surface area contributed by atoms with Gasteiger partial charge in [0.1, 0.15) is 6.61 Å². The van der Waals surface area contributed by atoms with Crippen molar-refractivity contribution in [3.05, 3.63) is 82.0 Å². The quantitative estimate of drug-likeness (QED) is 0.491. The van der Waals surface area contributed by atoms with E-state index in [-0.39, 0.29) is 12.5 Å². The van der Waals surface area contributed by atoms with Crippen LogP contribution in [0.3, 0.4) is 0 Å². The van der Waals surface area contributed by atoms with Crippen LogP contribution in [0.5, 0.6) is 0 Å². The second-order valence-electron chi connectivity index (χ2n) is 6.71. The van der Waals surface area contributed by atoms with Crippen LogP contribution in [0.15, 0.2) is 66.0 Å². The van der Waals surface area contributed by atoms with Crippen molar-refractivity contribution >= 4 is 23.3 Å². The summed E-state index contributed by atoms with van der Waals surface area (Å²) in [7, 11) is 0. The molecule has 5 nitrogen and oxygen atoms in total. The van der Waals surface area contributed by atoms with Crippen molar-refractivity contribution in [1.29, 1.82) is 0 Å². The number of rotatable bonds is 6. The number of benzene rings is 2. The predicted octanol–water partition coefficient (Wildman–Crippen LogP) is 3.80. The van der Waals surface area contributed by atoms with Crippen LogP contribution in [0, 0.1) is 5.92 Å². The van der Waals surface area contributed by atoms with Crippen molar-refractivity contribution in [2.24, 2.45) is 11.7 Å². The zero-order valence-corrected chi connectivity index (χ0v) is 15.8. The monoisotopic (exact) mass is 393 g/mol. The van der Waals surface area contributed by atoms with Crippen LogP contribution in [0.25, 0.3) is 11.1 Å². The lowest BCUT2D eigenvalue weighted by Crippen LogP contribution is -2.36. The van der Waals surface area contributed by atoms with E-state index in [1.165, 1.54) is 11.3 Å². The van der Waals surface area contributed by atoms with Gasteiger partial charge in [-0.15, -0.1) is 11.3 Å². The van der Waals surface area contributed by atoms with E-state index in [2.05, 4.69) is 0 Å². The van der Waals surface area contributed by atoms with Gasteiger partial charge in [0.05, 0.1) is 6.04 Å². The summed E-state index contributed by atoms with van der Waals surface area (Å²) in [6, 6.07) is 18.5. The van der Waals surface area contributed by atoms with Crippen molar-refractivity contribution in [3.8, 4) is 11.1 Å². The average Bonchev–Trinajstić information content (AvgIpc) is 3.33. The van der Waals surface area contributed by atoms with Gasteiger partial charge in [-0.3, -0.25) is 9.59 Å². The van der Waals surface area contributed by atoms with E-state index in [0.717, 1.165) is 22.3 Å². The zero-order chi connectivity index (χ0) is 19.7. The van der Waals surface area contributed by atoms with Gasteiger partial charge in [-0.1, -0.05) is 54.6 Å². The Hall–Kier alpha value is -2.96. The average molecular weight is 393 g/mol. The van der Waals surface area contributed by atoms with E-state index >= 15 is 0 Å². The molecule has 0 aliphatic heterocycles. The van der Waals surface area contributed by atoms with Crippen LogP contribution in [0.4, 0.5) is 0 Å². The van der Waals surface area contributed by atoms with Crippen molar-refractivity contribution in [1.82, 2.24) is 0 Å². The van der Waals surface area contributed by atoms with E-state index in [1.807, 2.05) is 48.5 Å². The first-order valence-corrected chi connectivity index (χ1v) is 9.82. The largest absolute Gasteiger partial charge is 0.481 e. The molecule has 1 heterocycles. The van der Waals surface area contributed by atoms with Gasteiger partial charge < -0.3 is 15.6 Å². The van der Waals surface area contributed by atoms with Crippen LogP contribution in [-0.2, 0) is 14.3 Å². The highest BCUT2D eigenvalue weighted by Gasteiger charge is 2.37. The van der Waals surface area contributed by atoms with Gasteiger partial charge >= 0.3 is 11.9 Å². The maximum atomic E-state index is 12.6. The lowest BCUT2D eigenvalue weighted by atomic mass is 9.97. The Morgan fingerprint density at radius 2 is 1.61 bits per heavy atom. The molecule has 0 saturated carbocycles. The van der Waals surface area contributed by atoms with Crippen molar-refractivity contribution in [3.63, 3.8) is 0 Å². The molecule has 1 aliphatic rings. The summed E-state index contributed by atoms with van der Waals surface area (Å²) in [5, 5.41) is 11.3. The van der Waals surface area contributed by atoms with Crippen LogP contribution >= 0.6 is 11.3 Å². The normalized spacial score (nSPS) is 14.8. The Kier molecular flexibility index (Phi) is 4.98. The minimum absolute atomic E-state index is 0.0772. The number of thiophene rings is 1. The second-order valence-corrected chi connectivity index (χ2v) is 7.69. The van der Waals surface area contributed by atoms with E-state index in [4.69, 9.17) is 10.5 Å². The Balaban J connectivity index is 1.55. The summed E-state index contributed by atoms with van der Waals surface area (Å²) < 4.78 is 5.49. The minimum atomic E-state index is -1.44.